The number of aromatic hydroxyl groups is 1. The Kier molecular flexibility index (Phi) is 3.77. The van der Waals surface area contributed by atoms with Gasteiger partial charge in [0.2, 0.25) is 5.95 Å². The van der Waals surface area contributed by atoms with Gasteiger partial charge in [0.1, 0.15) is 10.6 Å². The number of aromatic nitrogens is 2. The molecule has 2 aromatic heterocycles. The Balaban J connectivity index is 1.97. The van der Waals surface area contributed by atoms with Gasteiger partial charge in [0.05, 0.1) is 26.7 Å². The van der Waals surface area contributed by atoms with Crippen molar-refractivity contribution in [2.75, 3.05) is 11.1 Å². The predicted molar refractivity (Wildman–Crippen MR) is 101 cm³/mol. The molecule has 0 unspecified atom stereocenters. The molecule has 1 fully saturated rings. The van der Waals surface area contributed by atoms with Gasteiger partial charge in [-0.25, -0.2) is 9.97 Å². The summed E-state index contributed by atoms with van der Waals surface area (Å²) in [6, 6.07) is 5.28. The molecule has 128 valence electrons. The minimum absolute atomic E-state index is 0.0387. The van der Waals surface area contributed by atoms with Crippen LogP contribution in [0, 0.1) is 0 Å². The number of nitrogens with one attached hydrogen (secondary N) is 1. The summed E-state index contributed by atoms with van der Waals surface area (Å²) in [6.07, 6.45) is 2.17. The SMILES string of the molecule is CC(=O)c1sc2nc(NC3CC3)nc(-c3ccc(Cl)c(O)c3)c2c1N. The molecule has 4 rings (SSSR count). The van der Waals surface area contributed by atoms with Crippen LogP contribution in [0.15, 0.2) is 18.2 Å². The molecule has 25 heavy (non-hydrogen) atoms. The smallest absolute Gasteiger partial charge is 0.224 e. The lowest BCUT2D eigenvalue weighted by atomic mass is 10.1. The van der Waals surface area contributed by atoms with Gasteiger partial charge in [-0.15, -0.1) is 11.3 Å². The molecule has 1 aliphatic carbocycles. The molecule has 1 aliphatic rings. The van der Waals surface area contributed by atoms with Crippen LogP contribution in [-0.2, 0) is 0 Å². The number of benzene rings is 1. The van der Waals surface area contributed by atoms with Gasteiger partial charge in [0, 0.05) is 18.5 Å². The predicted octanol–water partition coefficient (Wildman–Crippen LogP) is 4.08. The number of carbonyl (C=O) groups excluding carboxylic acids is 1. The van der Waals surface area contributed by atoms with E-state index in [-0.39, 0.29) is 16.6 Å². The summed E-state index contributed by atoms with van der Waals surface area (Å²) < 4.78 is 0. The lowest BCUT2D eigenvalue weighted by molar-refractivity contribution is 0.102. The number of anilines is 2. The number of rotatable bonds is 4. The number of phenolic OH excluding ortho intramolecular Hbond substituents is 1. The number of nitrogen functional groups attached to an aromatic ring is 1. The zero-order valence-corrected chi connectivity index (χ0v) is 14.9. The Morgan fingerprint density at radius 3 is 2.80 bits per heavy atom. The second-order valence-corrected chi connectivity index (χ2v) is 7.47. The Bertz CT molecular complexity index is 1010. The molecule has 1 aromatic carbocycles. The van der Waals surface area contributed by atoms with Gasteiger partial charge in [-0.1, -0.05) is 17.7 Å². The fraction of sp³-hybridized carbons (Fsp3) is 0.235. The molecule has 3 aromatic rings. The number of halogens is 1. The van der Waals surface area contributed by atoms with Crippen LogP contribution in [0.4, 0.5) is 11.6 Å². The summed E-state index contributed by atoms with van der Waals surface area (Å²) >= 11 is 7.16. The summed E-state index contributed by atoms with van der Waals surface area (Å²) in [5.74, 6) is 0.348. The van der Waals surface area contributed by atoms with E-state index in [0.717, 1.165) is 12.8 Å². The molecule has 0 atom stereocenters. The molecule has 0 amide bonds. The largest absolute Gasteiger partial charge is 0.506 e. The first kappa shape index (κ1) is 16.1. The first-order chi connectivity index (χ1) is 11.9. The number of nitrogens with two attached hydrogens (primary N) is 1. The van der Waals surface area contributed by atoms with Crippen LogP contribution in [0.25, 0.3) is 21.5 Å². The number of Topliss-reactive ketones (excluding diaryl/α,β-unsaturated/α-hetero) is 1. The lowest BCUT2D eigenvalue weighted by Crippen LogP contribution is -2.06. The highest BCUT2D eigenvalue weighted by Gasteiger charge is 2.25. The minimum Gasteiger partial charge on any atom is -0.506 e. The third kappa shape index (κ3) is 2.89. The zero-order valence-electron chi connectivity index (χ0n) is 13.3. The molecule has 4 N–H and O–H groups in total. The van der Waals surface area contributed by atoms with E-state index in [0.29, 0.717) is 44.0 Å². The van der Waals surface area contributed by atoms with E-state index in [1.54, 1.807) is 12.1 Å². The zero-order chi connectivity index (χ0) is 17.7. The summed E-state index contributed by atoms with van der Waals surface area (Å²) in [7, 11) is 0. The van der Waals surface area contributed by atoms with Crippen molar-refractivity contribution in [3.8, 4) is 17.0 Å². The van der Waals surface area contributed by atoms with E-state index in [2.05, 4.69) is 15.3 Å². The van der Waals surface area contributed by atoms with Crippen molar-refractivity contribution >= 4 is 50.6 Å². The number of ketones is 1. The van der Waals surface area contributed by atoms with E-state index in [1.807, 2.05) is 0 Å². The van der Waals surface area contributed by atoms with Crippen LogP contribution in [0.2, 0.25) is 5.02 Å². The van der Waals surface area contributed by atoms with Gasteiger partial charge < -0.3 is 16.2 Å². The summed E-state index contributed by atoms with van der Waals surface area (Å²) in [5, 5.41) is 14.1. The number of nitrogens with zero attached hydrogens (tertiary/aromatic N) is 2. The second-order valence-electron chi connectivity index (χ2n) is 6.06. The molecule has 1 saturated carbocycles. The van der Waals surface area contributed by atoms with Crippen molar-refractivity contribution in [2.24, 2.45) is 0 Å². The molecule has 0 saturated heterocycles. The molecule has 8 heteroatoms. The molecule has 2 heterocycles. The van der Waals surface area contributed by atoms with Gasteiger partial charge in [-0.05, 0) is 25.0 Å². The van der Waals surface area contributed by atoms with Crippen LogP contribution >= 0.6 is 22.9 Å². The summed E-state index contributed by atoms with van der Waals surface area (Å²) in [5.41, 5.74) is 7.81. The van der Waals surface area contributed by atoms with Crippen molar-refractivity contribution in [3.63, 3.8) is 0 Å². The maximum atomic E-state index is 11.9. The highest BCUT2D eigenvalue weighted by molar-refractivity contribution is 7.21. The number of hydrogen-bond acceptors (Lipinski definition) is 7. The Morgan fingerprint density at radius 2 is 2.16 bits per heavy atom. The molecule has 0 spiro atoms. The normalized spacial score (nSPS) is 14.0. The number of hydrogen-bond donors (Lipinski definition) is 3. The average molecular weight is 375 g/mol. The standard InChI is InChI=1S/C17H15ClN4O2S/c1-7(23)15-13(19)12-14(8-2-5-10(18)11(24)6-8)21-17(20-9-3-4-9)22-16(12)25-15/h2,5-6,9,24H,3-4,19H2,1H3,(H,20,21,22). The van der Waals surface area contributed by atoms with Crippen LogP contribution in [0.1, 0.15) is 29.4 Å². The van der Waals surface area contributed by atoms with Gasteiger partial charge in [0.15, 0.2) is 5.78 Å². The summed E-state index contributed by atoms with van der Waals surface area (Å²) in [4.78, 5) is 22.1. The monoisotopic (exact) mass is 374 g/mol. The van der Waals surface area contributed by atoms with Crippen molar-refractivity contribution in [1.82, 2.24) is 9.97 Å². The fourth-order valence-corrected chi connectivity index (χ4v) is 3.73. The van der Waals surface area contributed by atoms with Gasteiger partial charge in [-0.3, -0.25) is 4.79 Å². The van der Waals surface area contributed by atoms with Crippen molar-refractivity contribution in [2.45, 2.75) is 25.8 Å². The maximum Gasteiger partial charge on any atom is 0.224 e. The minimum atomic E-state index is -0.109. The van der Waals surface area contributed by atoms with Gasteiger partial charge in [-0.2, -0.15) is 0 Å². The molecular weight excluding hydrogens is 360 g/mol. The van der Waals surface area contributed by atoms with Crippen LogP contribution in [0.5, 0.6) is 5.75 Å². The Labute approximate surface area is 152 Å². The maximum absolute atomic E-state index is 11.9. The highest BCUT2D eigenvalue weighted by atomic mass is 35.5. The van der Waals surface area contributed by atoms with Gasteiger partial charge in [0.25, 0.3) is 0 Å². The van der Waals surface area contributed by atoms with Crippen molar-refractivity contribution < 1.29 is 9.90 Å². The number of phenols is 1. The number of thiophene rings is 1. The first-order valence-corrected chi connectivity index (χ1v) is 9.00. The first-order valence-electron chi connectivity index (χ1n) is 7.80. The van der Waals surface area contributed by atoms with Gasteiger partial charge >= 0.3 is 0 Å². The van der Waals surface area contributed by atoms with E-state index < -0.39 is 0 Å². The molecule has 6 nitrogen and oxygen atoms in total. The van der Waals surface area contributed by atoms with Crippen molar-refractivity contribution in [3.05, 3.63) is 28.1 Å². The fourth-order valence-electron chi connectivity index (χ4n) is 2.63. The van der Waals surface area contributed by atoms with E-state index in [1.165, 1.54) is 24.3 Å². The highest BCUT2D eigenvalue weighted by Crippen LogP contribution is 2.41. The molecular formula is C17H15ClN4O2S. The third-order valence-corrected chi connectivity index (χ3v) is 5.56. The lowest BCUT2D eigenvalue weighted by Gasteiger charge is -2.09. The van der Waals surface area contributed by atoms with Crippen LogP contribution in [0.3, 0.4) is 0 Å². The number of fused-ring (bicyclic) bond motifs is 1. The molecule has 0 aliphatic heterocycles. The van der Waals surface area contributed by atoms with Crippen molar-refractivity contribution in [1.29, 1.82) is 0 Å². The Hall–Kier alpha value is -2.38. The van der Waals surface area contributed by atoms with Crippen LogP contribution < -0.4 is 11.1 Å². The quantitative estimate of drug-likeness (QED) is 0.595. The summed E-state index contributed by atoms with van der Waals surface area (Å²) in [6.45, 7) is 1.48. The van der Waals surface area contributed by atoms with Crippen LogP contribution in [-0.4, -0.2) is 26.9 Å². The topological polar surface area (TPSA) is 101 Å². The molecule has 0 radical (unpaired) electrons. The number of carbonyl (C=O) groups is 1. The second kappa shape index (κ2) is 5.86. The third-order valence-electron chi connectivity index (χ3n) is 4.04. The van der Waals surface area contributed by atoms with E-state index in [4.69, 9.17) is 17.3 Å². The molecule has 0 bridgehead atoms. The Morgan fingerprint density at radius 1 is 1.40 bits per heavy atom. The van der Waals surface area contributed by atoms with E-state index in [9.17, 15) is 9.90 Å². The van der Waals surface area contributed by atoms with E-state index >= 15 is 0 Å². The average Bonchev–Trinajstić information content (AvgIpc) is 3.31.